The van der Waals surface area contributed by atoms with E-state index in [-0.39, 0.29) is 0 Å². The number of benzene rings is 2. The summed E-state index contributed by atoms with van der Waals surface area (Å²) in [5.74, 6) is 0. The van der Waals surface area contributed by atoms with Gasteiger partial charge in [0, 0.05) is 19.8 Å². The lowest BCUT2D eigenvalue weighted by atomic mass is 10.0. The molecule has 0 radical (unpaired) electrons. The molecular weight excluding hydrogens is 280 g/mol. The topological polar surface area (TPSA) is 15.3 Å². The number of anilines is 2. The van der Waals surface area contributed by atoms with Gasteiger partial charge in [0.1, 0.15) is 0 Å². The Kier molecular flexibility index (Phi) is 3.81. The van der Waals surface area contributed by atoms with Crippen LogP contribution in [-0.2, 0) is 6.42 Å². The first kappa shape index (κ1) is 14.3. The van der Waals surface area contributed by atoms with E-state index in [2.05, 4.69) is 42.6 Å². The van der Waals surface area contributed by atoms with Gasteiger partial charge in [0.2, 0.25) is 0 Å². The van der Waals surface area contributed by atoms with Crippen LogP contribution in [0.25, 0.3) is 0 Å². The number of halogens is 1. The lowest BCUT2D eigenvalue weighted by Crippen LogP contribution is -2.10. The van der Waals surface area contributed by atoms with E-state index in [1.54, 1.807) is 0 Å². The van der Waals surface area contributed by atoms with Gasteiger partial charge in [-0.15, -0.1) is 0 Å². The lowest BCUT2D eigenvalue weighted by Gasteiger charge is -2.19. The molecule has 0 heterocycles. The zero-order chi connectivity index (χ0) is 15.0. The van der Waals surface area contributed by atoms with Crippen molar-refractivity contribution >= 4 is 23.0 Å². The second-order valence-corrected chi connectivity index (χ2v) is 6.41. The standard InChI is InChI=1S/C18H21ClN2/c1-12-4-5-13-6-8-17(15(13)10-12)20-14-7-9-18(21(2)3)16(19)11-14/h4-5,7,9-11,17,20H,6,8H2,1-3H3. The molecule has 1 N–H and O–H groups in total. The average molecular weight is 301 g/mol. The fraction of sp³-hybridized carbons (Fsp3) is 0.333. The molecule has 2 aromatic rings. The number of nitrogens with zero attached hydrogens (tertiary/aromatic N) is 1. The third kappa shape index (κ3) is 2.86. The fourth-order valence-electron chi connectivity index (χ4n) is 3.03. The minimum Gasteiger partial charge on any atom is -0.378 e. The molecule has 2 nitrogen and oxygen atoms in total. The van der Waals surface area contributed by atoms with Crippen molar-refractivity contribution in [3.63, 3.8) is 0 Å². The summed E-state index contributed by atoms with van der Waals surface area (Å²) < 4.78 is 0. The largest absolute Gasteiger partial charge is 0.378 e. The van der Waals surface area contributed by atoms with Gasteiger partial charge in [0.15, 0.2) is 0 Å². The van der Waals surface area contributed by atoms with E-state index in [0.717, 1.165) is 29.2 Å². The summed E-state index contributed by atoms with van der Waals surface area (Å²) in [6.45, 7) is 2.15. The average Bonchev–Trinajstić information content (AvgIpc) is 2.81. The molecule has 0 bridgehead atoms. The number of hydrogen-bond donors (Lipinski definition) is 1. The number of nitrogens with one attached hydrogen (secondary N) is 1. The van der Waals surface area contributed by atoms with E-state index in [9.17, 15) is 0 Å². The summed E-state index contributed by atoms with van der Waals surface area (Å²) >= 11 is 6.35. The van der Waals surface area contributed by atoms with E-state index in [4.69, 9.17) is 11.6 Å². The minimum absolute atomic E-state index is 0.390. The summed E-state index contributed by atoms with van der Waals surface area (Å²) in [5, 5.41) is 4.41. The van der Waals surface area contributed by atoms with Crippen LogP contribution >= 0.6 is 11.6 Å². The highest BCUT2D eigenvalue weighted by Crippen LogP contribution is 2.36. The predicted molar refractivity (Wildman–Crippen MR) is 91.6 cm³/mol. The molecule has 1 atom stereocenters. The van der Waals surface area contributed by atoms with E-state index >= 15 is 0 Å². The Morgan fingerprint density at radius 1 is 1.14 bits per heavy atom. The van der Waals surface area contributed by atoms with Crippen molar-refractivity contribution in [1.82, 2.24) is 0 Å². The van der Waals surface area contributed by atoms with Gasteiger partial charge in [-0.1, -0.05) is 35.4 Å². The van der Waals surface area contributed by atoms with Crippen LogP contribution in [0.2, 0.25) is 5.02 Å². The lowest BCUT2D eigenvalue weighted by molar-refractivity contribution is 0.762. The van der Waals surface area contributed by atoms with Crippen LogP contribution in [0.4, 0.5) is 11.4 Å². The molecule has 0 amide bonds. The van der Waals surface area contributed by atoms with Gasteiger partial charge < -0.3 is 10.2 Å². The van der Waals surface area contributed by atoms with E-state index in [1.807, 2.05) is 25.1 Å². The fourth-order valence-corrected chi connectivity index (χ4v) is 3.38. The SMILES string of the molecule is Cc1ccc2c(c1)C(Nc1ccc(N(C)C)c(Cl)c1)CC2. The highest BCUT2D eigenvalue weighted by Gasteiger charge is 2.22. The normalized spacial score (nSPS) is 16.7. The zero-order valence-electron chi connectivity index (χ0n) is 12.8. The second-order valence-electron chi connectivity index (χ2n) is 6.00. The summed E-state index contributed by atoms with van der Waals surface area (Å²) in [6.07, 6.45) is 2.29. The van der Waals surface area contributed by atoms with Crippen LogP contribution in [0.5, 0.6) is 0 Å². The van der Waals surface area contributed by atoms with E-state index in [0.29, 0.717) is 6.04 Å². The molecule has 1 aliphatic rings. The van der Waals surface area contributed by atoms with Gasteiger partial charge in [-0.25, -0.2) is 0 Å². The summed E-state index contributed by atoms with van der Waals surface area (Å²) in [5.41, 5.74) is 6.36. The molecular formula is C18H21ClN2. The number of fused-ring (bicyclic) bond motifs is 1. The molecule has 0 aliphatic heterocycles. The molecule has 0 saturated heterocycles. The molecule has 0 saturated carbocycles. The number of rotatable bonds is 3. The van der Waals surface area contributed by atoms with Crippen LogP contribution < -0.4 is 10.2 Å². The second kappa shape index (κ2) is 5.61. The maximum atomic E-state index is 6.35. The van der Waals surface area contributed by atoms with Gasteiger partial charge in [0.25, 0.3) is 0 Å². The van der Waals surface area contributed by atoms with Crippen molar-refractivity contribution in [3.05, 3.63) is 58.1 Å². The first-order valence-corrected chi connectivity index (χ1v) is 7.75. The summed E-state index contributed by atoms with van der Waals surface area (Å²) in [7, 11) is 4.01. The highest BCUT2D eigenvalue weighted by molar-refractivity contribution is 6.33. The third-order valence-electron chi connectivity index (χ3n) is 4.15. The molecule has 0 aromatic heterocycles. The Hall–Kier alpha value is -1.67. The van der Waals surface area contributed by atoms with Gasteiger partial charge in [-0.3, -0.25) is 0 Å². The molecule has 3 heteroatoms. The monoisotopic (exact) mass is 300 g/mol. The Morgan fingerprint density at radius 2 is 1.95 bits per heavy atom. The molecule has 0 spiro atoms. The van der Waals surface area contributed by atoms with Gasteiger partial charge in [-0.2, -0.15) is 0 Å². The summed E-state index contributed by atoms with van der Waals surface area (Å²) in [4.78, 5) is 2.03. The maximum Gasteiger partial charge on any atom is 0.0659 e. The molecule has 21 heavy (non-hydrogen) atoms. The van der Waals surface area contributed by atoms with E-state index < -0.39 is 0 Å². The van der Waals surface area contributed by atoms with Gasteiger partial charge >= 0.3 is 0 Å². The van der Waals surface area contributed by atoms with Gasteiger partial charge in [-0.05, 0) is 49.1 Å². The maximum absolute atomic E-state index is 6.35. The number of hydrogen-bond acceptors (Lipinski definition) is 2. The Morgan fingerprint density at radius 3 is 2.67 bits per heavy atom. The molecule has 1 aliphatic carbocycles. The van der Waals surface area contributed by atoms with Crippen molar-refractivity contribution in [2.45, 2.75) is 25.8 Å². The minimum atomic E-state index is 0.390. The molecule has 110 valence electrons. The molecule has 3 rings (SSSR count). The van der Waals surface area contributed by atoms with Crippen molar-refractivity contribution in [3.8, 4) is 0 Å². The zero-order valence-corrected chi connectivity index (χ0v) is 13.5. The number of aryl methyl sites for hydroxylation is 2. The van der Waals surface area contributed by atoms with Crippen LogP contribution in [0.15, 0.2) is 36.4 Å². The van der Waals surface area contributed by atoms with Crippen LogP contribution in [-0.4, -0.2) is 14.1 Å². The van der Waals surface area contributed by atoms with E-state index in [1.165, 1.54) is 16.7 Å². The Balaban J connectivity index is 1.83. The van der Waals surface area contributed by atoms with Crippen LogP contribution in [0, 0.1) is 6.92 Å². The first-order valence-electron chi connectivity index (χ1n) is 7.37. The summed E-state index contributed by atoms with van der Waals surface area (Å²) in [6, 6.07) is 13.3. The highest BCUT2D eigenvalue weighted by atomic mass is 35.5. The molecule has 1 unspecified atom stereocenters. The van der Waals surface area contributed by atoms with Crippen LogP contribution in [0.3, 0.4) is 0 Å². The van der Waals surface area contributed by atoms with Crippen molar-refractivity contribution in [1.29, 1.82) is 0 Å². The van der Waals surface area contributed by atoms with Crippen LogP contribution in [0.1, 0.15) is 29.2 Å². The Labute approximate surface area is 131 Å². The first-order chi connectivity index (χ1) is 10.0. The van der Waals surface area contributed by atoms with Crippen molar-refractivity contribution in [2.24, 2.45) is 0 Å². The molecule has 0 fully saturated rings. The van der Waals surface area contributed by atoms with Crippen molar-refractivity contribution < 1.29 is 0 Å². The smallest absolute Gasteiger partial charge is 0.0659 e. The third-order valence-corrected chi connectivity index (χ3v) is 4.45. The van der Waals surface area contributed by atoms with Gasteiger partial charge in [0.05, 0.1) is 16.8 Å². The quantitative estimate of drug-likeness (QED) is 0.875. The van der Waals surface area contributed by atoms with Crippen molar-refractivity contribution in [2.75, 3.05) is 24.3 Å². The predicted octanol–water partition coefficient (Wildman–Crippen LogP) is 4.81. The molecule has 2 aromatic carbocycles. The Bertz CT molecular complexity index is 664.